The molecule has 0 unspecified atom stereocenters. The van der Waals surface area contributed by atoms with Crippen LogP contribution in [0.15, 0.2) is 16.8 Å². The first-order valence-corrected chi connectivity index (χ1v) is 7.59. The zero-order valence-corrected chi connectivity index (χ0v) is 12.0. The van der Waals surface area contributed by atoms with Gasteiger partial charge in [0.25, 0.3) is 0 Å². The summed E-state index contributed by atoms with van der Waals surface area (Å²) in [5.74, 6) is 0.505. The van der Waals surface area contributed by atoms with Crippen LogP contribution in [0.2, 0.25) is 0 Å². The van der Waals surface area contributed by atoms with Crippen molar-refractivity contribution in [3.8, 4) is 0 Å². The molecule has 2 rings (SSSR count). The fourth-order valence-electron chi connectivity index (χ4n) is 2.59. The lowest BCUT2D eigenvalue weighted by Gasteiger charge is -2.24. The number of nitrogens with one attached hydrogen (secondary N) is 1. The Morgan fingerprint density at radius 1 is 1.50 bits per heavy atom. The Balaban J connectivity index is 1.88. The highest BCUT2D eigenvalue weighted by atomic mass is 32.1. The first-order chi connectivity index (χ1) is 8.68. The molecule has 3 nitrogen and oxygen atoms in total. The van der Waals surface area contributed by atoms with Gasteiger partial charge in [-0.2, -0.15) is 11.3 Å². The molecule has 0 radical (unpaired) electrons. The summed E-state index contributed by atoms with van der Waals surface area (Å²) in [6, 6.07) is 2.42. The molecule has 0 spiro atoms. The van der Waals surface area contributed by atoms with Gasteiger partial charge in [0.2, 0.25) is 5.91 Å². The van der Waals surface area contributed by atoms with Crippen LogP contribution in [-0.4, -0.2) is 31.4 Å². The van der Waals surface area contributed by atoms with Gasteiger partial charge in [-0.05, 0) is 49.3 Å². The molecule has 1 heterocycles. The summed E-state index contributed by atoms with van der Waals surface area (Å²) in [6.45, 7) is 0.707. The van der Waals surface area contributed by atoms with Crippen LogP contribution in [-0.2, 0) is 4.79 Å². The first kappa shape index (κ1) is 13.6. The predicted octanol–water partition coefficient (Wildman–Crippen LogP) is 2.66. The van der Waals surface area contributed by atoms with E-state index in [1.54, 1.807) is 11.3 Å². The minimum Gasteiger partial charge on any atom is -0.354 e. The van der Waals surface area contributed by atoms with Crippen LogP contribution in [0.3, 0.4) is 0 Å². The number of likely N-dealkylation sites (N-methyl/N-ethyl adjacent to an activating group) is 1. The third-order valence-electron chi connectivity index (χ3n) is 3.75. The standard InChI is InChI=1S/C14H22N2OS/c1-16(2)13(12-7-8-18-10-12)9-15-14(17)11-5-3-4-6-11/h7-8,10-11,13H,3-6,9H2,1-2H3,(H,15,17)/t13-/m0/s1. The minimum absolute atomic E-state index is 0.245. The van der Waals surface area contributed by atoms with E-state index in [0.717, 1.165) is 12.8 Å². The van der Waals surface area contributed by atoms with E-state index in [1.165, 1.54) is 18.4 Å². The van der Waals surface area contributed by atoms with Crippen molar-refractivity contribution in [1.29, 1.82) is 0 Å². The third kappa shape index (κ3) is 3.33. The molecule has 1 fully saturated rings. The van der Waals surface area contributed by atoms with E-state index < -0.39 is 0 Å². The highest BCUT2D eigenvalue weighted by Crippen LogP contribution is 2.25. The summed E-state index contributed by atoms with van der Waals surface area (Å²) in [7, 11) is 4.12. The number of hydrogen-bond donors (Lipinski definition) is 1. The van der Waals surface area contributed by atoms with Crippen LogP contribution in [0, 0.1) is 5.92 Å². The van der Waals surface area contributed by atoms with E-state index in [9.17, 15) is 4.79 Å². The van der Waals surface area contributed by atoms with Gasteiger partial charge in [-0.15, -0.1) is 0 Å². The molecule has 0 saturated heterocycles. The average Bonchev–Trinajstić information content (AvgIpc) is 3.01. The van der Waals surface area contributed by atoms with Crippen molar-refractivity contribution < 1.29 is 4.79 Å². The predicted molar refractivity (Wildman–Crippen MR) is 75.7 cm³/mol. The number of carbonyl (C=O) groups excluding carboxylic acids is 1. The van der Waals surface area contributed by atoms with E-state index in [-0.39, 0.29) is 17.9 Å². The molecule has 0 aromatic carbocycles. The topological polar surface area (TPSA) is 32.3 Å². The van der Waals surface area contributed by atoms with Crippen LogP contribution >= 0.6 is 11.3 Å². The quantitative estimate of drug-likeness (QED) is 0.888. The molecule has 1 N–H and O–H groups in total. The van der Waals surface area contributed by atoms with Crippen LogP contribution in [0.1, 0.15) is 37.3 Å². The van der Waals surface area contributed by atoms with Gasteiger partial charge in [-0.1, -0.05) is 12.8 Å². The SMILES string of the molecule is CN(C)[C@@H](CNC(=O)C1CCCC1)c1ccsc1. The lowest BCUT2D eigenvalue weighted by atomic mass is 10.1. The zero-order chi connectivity index (χ0) is 13.0. The van der Waals surface area contributed by atoms with E-state index in [1.807, 2.05) is 0 Å². The summed E-state index contributed by atoms with van der Waals surface area (Å²) in [5.41, 5.74) is 1.29. The highest BCUT2D eigenvalue weighted by molar-refractivity contribution is 7.07. The van der Waals surface area contributed by atoms with E-state index in [0.29, 0.717) is 6.54 Å². The molecule has 1 aromatic heterocycles. The molecule has 100 valence electrons. The van der Waals surface area contributed by atoms with Gasteiger partial charge in [-0.3, -0.25) is 4.79 Å². The molecule has 0 aliphatic heterocycles. The van der Waals surface area contributed by atoms with Crippen molar-refractivity contribution in [2.45, 2.75) is 31.7 Å². The Hall–Kier alpha value is -0.870. The number of amides is 1. The monoisotopic (exact) mass is 266 g/mol. The van der Waals surface area contributed by atoms with Crippen molar-refractivity contribution in [1.82, 2.24) is 10.2 Å². The van der Waals surface area contributed by atoms with Crippen molar-refractivity contribution in [3.05, 3.63) is 22.4 Å². The number of carbonyl (C=O) groups is 1. The summed E-state index contributed by atoms with van der Waals surface area (Å²) in [4.78, 5) is 14.2. The summed E-state index contributed by atoms with van der Waals surface area (Å²) >= 11 is 1.71. The fourth-order valence-corrected chi connectivity index (χ4v) is 3.30. The molecule has 1 aromatic rings. The van der Waals surface area contributed by atoms with Crippen molar-refractivity contribution in [2.24, 2.45) is 5.92 Å². The molecule has 0 bridgehead atoms. The van der Waals surface area contributed by atoms with Crippen molar-refractivity contribution >= 4 is 17.2 Å². The second kappa shape index (κ2) is 6.34. The van der Waals surface area contributed by atoms with Crippen LogP contribution in [0.5, 0.6) is 0 Å². The molecule has 1 aliphatic carbocycles. The Morgan fingerprint density at radius 2 is 2.22 bits per heavy atom. The zero-order valence-electron chi connectivity index (χ0n) is 11.2. The molecule has 18 heavy (non-hydrogen) atoms. The molecular weight excluding hydrogens is 244 g/mol. The maximum atomic E-state index is 12.0. The number of rotatable bonds is 5. The molecule has 1 atom stereocenters. The van der Waals surface area contributed by atoms with E-state index >= 15 is 0 Å². The van der Waals surface area contributed by atoms with Gasteiger partial charge in [-0.25, -0.2) is 0 Å². The van der Waals surface area contributed by atoms with Crippen LogP contribution < -0.4 is 5.32 Å². The second-order valence-corrected chi connectivity index (χ2v) is 6.04. The average molecular weight is 266 g/mol. The Kier molecular flexibility index (Phi) is 4.78. The fraction of sp³-hybridized carbons (Fsp3) is 0.643. The van der Waals surface area contributed by atoms with Gasteiger partial charge >= 0.3 is 0 Å². The number of nitrogens with zero attached hydrogens (tertiary/aromatic N) is 1. The minimum atomic E-state index is 0.245. The van der Waals surface area contributed by atoms with Crippen LogP contribution in [0.25, 0.3) is 0 Å². The van der Waals surface area contributed by atoms with Crippen LogP contribution in [0.4, 0.5) is 0 Å². The van der Waals surface area contributed by atoms with Gasteiger partial charge in [0, 0.05) is 12.5 Å². The maximum absolute atomic E-state index is 12.0. The van der Waals surface area contributed by atoms with Crippen molar-refractivity contribution in [3.63, 3.8) is 0 Å². The Labute approximate surface area is 113 Å². The smallest absolute Gasteiger partial charge is 0.223 e. The molecule has 1 amide bonds. The number of thiophene rings is 1. The summed E-state index contributed by atoms with van der Waals surface area (Å²) in [5, 5.41) is 7.37. The largest absolute Gasteiger partial charge is 0.354 e. The molecule has 4 heteroatoms. The second-order valence-electron chi connectivity index (χ2n) is 5.26. The van der Waals surface area contributed by atoms with Gasteiger partial charge in [0.05, 0.1) is 6.04 Å². The Morgan fingerprint density at radius 3 is 2.78 bits per heavy atom. The normalized spacial score (nSPS) is 18.2. The van der Waals surface area contributed by atoms with E-state index in [2.05, 4.69) is 41.1 Å². The lowest BCUT2D eigenvalue weighted by molar-refractivity contribution is -0.125. The summed E-state index contributed by atoms with van der Waals surface area (Å²) < 4.78 is 0. The van der Waals surface area contributed by atoms with Gasteiger partial charge < -0.3 is 10.2 Å². The first-order valence-electron chi connectivity index (χ1n) is 6.64. The van der Waals surface area contributed by atoms with Gasteiger partial charge in [0.15, 0.2) is 0 Å². The number of hydrogen-bond acceptors (Lipinski definition) is 3. The third-order valence-corrected chi connectivity index (χ3v) is 4.45. The van der Waals surface area contributed by atoms with Gasteiger partial charge in [0.1, 0.15) is 0 Å². The summed E-state index contributed by atoms with van der Waals surface area (Å²) in [6.07, 6.45) is 4.55. The molecular formula is C14H22N2OS. The maximum Gasteiger partial charge on any atom is 0.223 e. The Bertz CT molecular complexity index is 369. The van der Waals surface area contributed by atoms with Crippen molar-refractivity contribution in [2.75, 3.05) is 20.6 Å². The van der Waals surface area contributed by atoms with E-state index in [4.69, 9.17) is 0 Å². The molecule has 1 saturated carbocycles. The highest BCUT2D eigenvalue weighted by Gasteiger charge is 2.23. The lowest BCUT2D eigenvalue weighted by Crippen LogP contribution is -2.37. The molecule has 1 aliphatic rings.